The third-order valence-electron chi connectivity index (χ3n) is 3.27. The highest BCUT2D eigenvalue weighted by Gasteiger charge is 2.22. The number of aromatic nitrogens is 1. The van der Waals surface area contributed by atoms with Crippen LogP contribution >= 0.6 is 11.6 Å². The summed E-state index contributed by atoms with van der Waals surface area (Å²) in [5, 5.41) is 0.772. The number of rotatable bonds is 2. The van der Waals surface area contributed by atoms with Crippen LogP contribution in [0.3, 0.4) is 0 Å². The van der Waals surface area contributed by atoms with Gasteiger partial charge >= 0.3 is 0 Å². The SMILES string of the molecule is CC(c1ncccc1Cl)N1CCN(C)CC1. The van der Waals surface area contributed by atoms with Gasteiger partial charge in [0, 0.05) is 32.4 Å². The Morgan fingerprint density at radius 1 is 1.31 bits per heavy atom. The zero-order valence-electron chi connectivity index (χ0n) is 9.86. The Balaban J connectivity index is 2.07. The van der Waals surface area contributed by atoms with E-state index in [1.54, 1.807) is 0 Å². The van der Waals surface area contributed by atoms with Crippen molar-refractivity contribution in [3.8, 4) is 0 Å². The van der Waals surface area contributed by atoms with E-state index < -0.39 is 0 Å². The molecule has 0 bridgehead atoms. The normalized spacial score (nSPS) is 20.9. The third-order valence-corrected chi connectivity index (χ3v) is 3.59. The van der Waals surface area contributed by atoms with Gasteiger partial charge in [0.25, 0.3) is 0 Å². The Kier molecular flexibility index (Phi) is 3.79. The smallest absolute Gasteiger partial charge is 0.0758 e. The predicted molar refractivity (Wildman–Crippen MR) is 66.7 cm³/mol. The lowest BCUT2D eigenvalue weighted by Gasteiger charge is -2.36. The second-order valence-corrected chi connectivity index (χ2v) is 4.79. The van der Waals surface area contributed by atoms with Gasteiger partial charge in [0.1, 0.15) is 0 Å². The average molecular weight is 240 g/mol. The van der Waals surface area contributed by atoms with Crippen LogP contribution in [0.5, 0.6) is 0 Å². The molecule has 1 unspecified atom stereocenters. The highest BCUT2D eigenvalue weighted by Crippen LogP contribution is 2.25. The van der Waals surface area contributed by atoms with E-state index in [2.05, 4.69) is 28.8 Å². The molecule has 0 aliphatic carbocycles. The summed E-state index contributed by atoms with van der Waals surface area (Å²) in [7, 11) is 2.16. The number of hydrogen-bond donors (Lipinski definition) is 0. The van der Waals surface area contributed by atoms with Crippen LogP contribution in [0.4, 0.5) is 0 Å². The molecule has 0 amide bonds. The van der Waals surface area contributed by atoms with Gasteiger partial charge < -0.3 is 4.90 Å². The number of hydrogen-bond acceptors (Lipinski definition) is 3. The van der Waals surface area contributed by atoms with Crippen molar-refractivity contribution in [2.75, 3.05) is 33.2 Å². The quantitative estimate of drug-likeness (QED) is 0.788. The molecule has 88 valence electrons. The molecule has 0 saturated carbocycles. The molecule has 2 rings (SSSR count). The van der Waals surface area contributed by atoms with Gasteiger partial charge in [-0.25, -0.2) is 0 Å². The summed E-state index contributed by atoms with van der Waals surface area (Å²) in [4.78, 5) is 9.17. The maximum absolute atomic E-state index is 6.17. The molecule has 1 atom stereocenters. The highest BCUT2D eigenvalue weighted by atomic mass is 35.5. The van der Waals surface area contributed by atoms with Crippen molar-refractivity contribution in [3.05, 3.63) is 29.0 Å². The highest BCUT2D eigenvalue weighted by molar-refractivity contribution is 6.31. The van der Waals surface area contributed by atoms with Crippen LogP contribution in [0.15, 0.2) is 18.3 Å². The molecule has 1 fully saturated rings. The minimum Gasteiger partial charge on any atom is -0.304 e. The van der Waals surface area contributed by atoms with Crippen molar-refractivity contribution in [2.24, 2.45) is 0 Å². The summed E-state index contributed by atoms with van der Waals surface area (Å²) in [6, 6.07) is 4.10. The topological polar surface area (TPSA) is 19.4 Å². The maximum atomic E-state index is 6.17. The first-order chi connectivity index (χ1) is 7.68. The number of likely N-dealkylation sites (N-methyl/N-ethyl adjacent to an activating group) is 1. The molecule has 1 saturated heterocycles. The van der Waals surface area contributed by atoms with Crippen molar-refractivity contribution < 1.29 is 0 Å². The molecular formula is C12H18ClN3. The van der Waals surface area contributed by atoms with Crippen LogP contribution < -0.4 is 0 Å². The van der Waals surface area contributed by atoms with E-state index in [0.717, 1.165) is 36.9 Å². The van der Waals surface area contributed by atoms with E-state index in [1.165, 1.54) is 0 Å². The first-order valence-corrected chi connectivity index (χ1v) is 6.09. The largest absolute Gasteiger partial charge is 0.304 e. The standard InChI is InChI=1S/C12H18ClN3/c1-10(12-11(13)4-3-5-14-12)16-8-6-15(2)7-9-16/h3-5,10H,6-9H2,1-2H3. The average Bonchev–Trinajstić information content (AvgIpc) is 2.30. The van der Waals surface area contributed by atoms with Crippen LogP contribution in [-0.4, -0.2) is 48.0 Å². The van der Waals surface area contributed by atoms with Gasteiger partial charge in [-0.1, -0.05) is 11.6 Å². The van der Waals surface area contributed by atoms with Crippen molar-refractivity contribution >= 4 is 11.6 Å². The number of halogens is 1. The summed E-state index contributed by atoms with van der Waals surface area (Å²) in [6.45, 7) is 6.60. The van der Waals surface area contributed by atoms with Gasteiger partial charge in [-0.2, -0.15) is 0 Å². The fourth-order valence-electron chi connectivity index (χ4n) is 2.09. The molecule has 0 radical (unpaired) electrons. The van der Waals surface area contributed by atoms with E-state index in [0.29, 0.717) is 6.04 Å². The second kappa shape index (κ2) is 5.13. The molecule has 1 aromatic rings. The zero-order chi connectivity index (χ0) is 11.5. The molecular weight excluding hydrogens is 222 g/mol. The van der Waals surface area contributed by atoms with Crippen LogP contribution in [-0.2, 0) is 0 Å². The molecule has 1 aromatic heterocycles. The molecule has 0 aromatic carbocycles. The molecule has 0 N–H and O–H groups in total. The minimum atomic E-state index is 0.308. The van der Waals surface area contributed by atoms with Crippen LogP contribution in [0.2, 0.25) is 5.02 Å². The number of piperazine rings is 1. The van der Waals surface area contributed by atoms with E-state index in [9.17, 15) is 0 Å². The number of nitrogens with zero attached hydrogens (tertiary/aromatic N) is 3. The Morgan fingerprint density at radius 3 is 2.62 bits per heavy atom. The molecule has 1 aliphatic heterocycles. The van der Waals surface area contributed by atoms with Crippen LogP contribution in [0.25, 0.3) is 0 Å². The van der Waals surface area contributed by atoms with Crippen molar-refractivity contribution in [2.45, 2.75) is 13.0 Å². The maximum Gasteiger partial charge on any atom is 0.0758 e. The lowest BCUT2D eigenvalue weighted by atomic mass is 10.1. The van der Waals surface area contributed by atoms with E-state index in [-0.39, 0.29) is 0 Å². The first kappa shape index (κ1) is 11.8. The third kappa shape index (κ3) is 2.54. The van der Waals surface area contributed by atoms with Gasteiger partial charge in [-0.05, 0) is 26.1 Å². The molecule has 2 heterocycles. The monoisotopic (exact) mass is 239 g/mol. The van der Waals surface area contributed by atoms with E-state index >= 15 is 0 Å². The predicted octanol–water partition coefficient (Wildman–Crippen LogP) is 2.04. The lowest BCUT2D eigenvalue weighted by Crippen LogP contribution is -2.45. The Labute approximate surface area is 102 Å². The van der Waals surface area contributed by atoms with Gasteiger partial charge in [0.15, 0.2) is 0 Å². The van der Waals surface area contributed by atoms with Crippen LogP contribution in [0.1, 0.15) is 18.7 Å². The molecule has 16 heavy (non-hydrogen) atoms. The molecule has 0 spiro atoms. The Bertz CT molecular complexity index is 348. The van der Waals surface area contributed by atoms with E-state index in [1.807, 2.05) is 18.3 Å². The van der Waals surface area contributed by atoms with Gasteiger partial charge in [0.2, 0.25) is 0 Å². The van der Waals surface area contributed by atoms with Crippen molar-refractivity contribution in [1.82, 2.24) is 14.8 Å². The summed E-state index contributed by atoms with van der Waals surface area (Å²) in [5.74, 6) is 0. The van der Waals surface area contributed by atoms with Crippen molar-refractivity contribution in [1.29, 1.82) is 0 Å². The first-order valence-electron chi connectivity index (χ1n) is 5.71. The van der Waals surface area contributed by atoms with Gasteiger partial charge in [-0.3, -0.25) is 9.88 Å². The van der Waals surface area contributed by atoms with Crippen LogP contribution in [0, 0.1) is 0 Å². The van der Waals surface area contributed by atoms with Gasteiger partial charge in [0.05, 0.1) is 16.8 Å². The zero-order valence-corrected chi connectivity index (χ0v) is 10.6. The summed E-state index contributed by atoms with van der Waals surface area (Å²) in [6.07, 6.45) is 1.81. The molecule has 1 aliphatic rings. The fraction of sp³-hybridized carbons (Fsp3) is 0.583. The fourth-order valence-corrected chi connectivity index (χ4v) is 2.37. The summed E-state index contributed by atoms with van der Waals surface area (Å²) >= 11 is 6.17. The Hall–Kier alpha value is -0.640. The second-order valence-electron chi connectivity index (χ2n) is 4.39. The number of pyridine rings is 1. The van der Waals surface area contributed by atoms with Crippen molar-refractivity contribution in [3.63, 3.8) is 0 Å². The lowest BCUT2D eigenvalue weighted by molar-refractivity contribution is 0.117. The Morgan fingerprint density at radius 2 is 2.00 bits per heavy atom. The van der Waals surface area contributed by atoms with E-state index in [4.69, 9.17) is 11.6 Å². The minimum absolute atomic E-state index is 0.308. The molecule has 3 nitrogen and oxygen atoms in total. The summed E-state index contributed by atoms with van der Waals surface area (Å²) in [5.41, 5.74) is 0.994. The van der Waals surface area contributed by atoms with Gasteiger partial charge in [-0.15, -0.1) is 0 Å². The summed E-state index contributed by atoms with van der Waals surface area (Å²) < 4.78 is 0. The molecule has 4 heteroatoms.